The van der Waals surface area contributed by atoms with E-state index in [1.165, 1.54) is 12.1 Å². The van der Waals surface area contributed by atoms with Crippen molar-refractivity contribution in [2.75, 3.05) is 20.6 Å². The molecule has 1 rings (SSSR count). The Balaban J connectivity index is 2.45. The second-order valence-corrected chi connectivity index (χ2v) is 5.29. The molecular weight excluding hydrogens is 231 g/mol. The van der Waals surface area contributed by atoms with Crippen LogP contribution in [0.4, 0.5) is 4.39 Å². The van der Waals surface area contributed by atoms with Crippen molar-refractivity contribution in [2.24, 2.45) is 0 Å². The lowest BCUT2D eigenvalue weighted by atomic mass is 10.0. The third-order valence-electron chi connectivity index (χ3n) is 3.21. The van der Waals surface area contributed by atoms with Gasteiger partial charge in [-0.2, -0.15) is 0 Å². The summed E-state index contributed by atoms with van der Waals surface area (Å²) in [5.41, 5.74) is 0.731. The predicted molar refractivity (Wildman–Crippen MR) is 70.9 cm³/mol. The van der Waals surface area contributed by atoms with Crippen molar-refractivity contribution in [3.8, 4) is 0 Å². The first-order valence-electron chi connectivity index (χ1n) is 6.00. The Morgan fingerprint density at radius 3 is 2.33 bits per heavy atom. The fourth-order valence-electron chi connectivity index (χ4n) is 1.32. The molecule has 18 heavy (non-hydrogen) atoms. The highest BCUT2D eigenvalue weighted by Crippen LogP contribution is 2.08. The standard InChI is InChI=1S/C14H21FN2O/c1-14(2,17(3)4)10-16-13(18)9-11-5-7-12(15)8-6-11/h5-8H,9-10H2,1-4H3,(H,16,18). The number of halogens is 1. The fourth-order valence-corrected chi connectivity index (χ4v) is 1.32. The van der Waals surface area contributed by atoms with E-state index < -0.39 is 0 Å². The van der Waals surface area contributed by atoms with E-state index in [4.69, 9.17) is 0 Å². The van der Waals surface area contributed by atoms with Crippen LogP contribution in [0.1, 0.15) is 19.4 Å². The molecule has 4 heteroatoms. The van der Waals surface area contributed by atoms with Crippen LogP contribution in [-0.4, -0.2) is 37.0 Å². The highest BCUT2D eigenvalue weighted by atomic mass is 19.1. The predicted octanol–water partition coefficient (Wildman–Crippen LogP) is 1.82. The normalized spacial score (nSPS) is 11.7. The second-order valence-electron chi connectivity index (χ2n) is 5.29. The molecular formula is C14H21FN2O. The van der Waals surface area contributed by atoms with E-state index in [0.29, 0.717) is 6.54 Å². The molecule has 0 atom stereocenters. The van der Waals surface area contributed by atoms with Crippen molar-refractivity contribution in [3.05, 3.63) is 35.6 Å². The number of benzene rings is 1. The van der Waals surface area contributed by atoms with Crippen LogP contribution in [0, 0.1) is 5.82 Å². The van der Waals surface area contributed by atoms with Gasteiger partial charge in [-0.3, -0.25) is 4.79 Å². The molecule has 0 aliphatic heterocycles. The Bertz CT molecular complexity index is 399. The molecule has 0 saturated carbocycles. The Labute approximate surface area is 108 Å². The molecule has 0 aliphatic rings. The monoisotopic (exact) mass is 252 g/mol. The van der Waals surface area contributed by atoms with Crippen LogP contribution in [0.5, 0.6) is 0 Å². The molecule has 0 aromatic heterocycles. The van der Waals surface area contributed by atoms with E-state index in [-0.39, 0.29) is 23.7 Å². The number of likely N-dealkylation sites (N-methyl/N-ethyl adjacent to an activating group) is 1. The average Bonchev–Trinajstić information content (AvgIpc) is 2.29. The summed E-state index contributed by atoms with van der Waals surface area (Å²) >= 11 is 0. The summed E-state index contributed by atoms with van der Waals surface area (Å²) in [6.07, 6.45) is 0.282. The first-order valence-corrected chi connectivity index (χ1v) is 6.00. The SMILES string of the molecule is CN(C)C(C)(C)CNC(=O)Cc1ccc(F)cc1. The van der Waals surface area contributed by atoms with E-state index in [1.807, 2.05) is 14.1 Å². The maximum atomic E-state index is 12.7. The van der Waals surface area contributed by atoms with Gasteiger partial charge in [-0.05, 0) is 45.6 Å². The van der Waals surface area contributed by atoms with Crippen LogP contribution in [0.15, 0.2) is 24.3 Å². The largest absolute Gasteiger partial charge is 0.354 e. The molecule has 0 heterocycles. The minimum atomic E-state index is -0.284. The molecule has 1 aromatic rings. The van der Waals surface area contributed by atoms with Crippen LogP contribution < -0.4 is 5.32 Å². The maximum Gasteiger partial charge on any atom is 0.224 e. The third-order valence-corrected chi connectivity index (χ3v) is 3.21. The Morgan fingerprint density at radius 1 is 1.28 bits per heavy atom. The van der Waals surface area contributed by atoms with Gasteiger partial charge < -0.3 is 10.2 Å². The molecule has 0 saturated heterocycles. The number of nitrogens with zero attached hydrogens (tertiary/aromatic N) is 1. The summed E-state index contributed by atoms with van der Waals surface area (Å²) < 4.78 is 12.7. The van der Waals surface area contributed by atoms with Crippen LogP contribution in [0.2, 0.25) is 0 Å². The van der Waals surface area contributed by atoms with E-state index in [2.05, 4.69) is 24.1 Å². The Morgan fingerprint density at radius 2 is 1.83 bits per heavy atom. The fraction of sp³-hybridized carbons (Fsp3) is 0.500. The average molecular weight is 252 g/mol. The third kappa shape index (κ3) is 4.45. The van der Waals surface area contributed by atoms with Crippen molar-refractivity contribution in [1.82, 2.24) is 10.2 Å². The van der Waals surface area contributed by atoms with Crippen molar-refractivity contribution in [1.29, 1.82) is 0 Å². The molecule has 0 fully saturated rings. The summed E-state index contributed by atoms with van der Waals surface area (Å²) in [5.74, 6) is -0.329. The van der Waals surface area contributed by atoms with Gasteiger partial charge in [0.05, 0.1) is 6.42 Å². The first-order chi connectivity index (χ1) is 8.31. The number of hydrogen-bond acceptors (Lipinski definition) is 2. The zero-order chi connectivity index (χ0) is 13.8. The molecule has 0 radical (unpaired) electrons. The lowest BCUT2D eigenvalue weighted by molar-refractivity contribution is -0.120. The lowest BCUT2D eigenvalue weighted by Gasteiger charge is -2.32. The van der Waals surface area contributed by atoms with Gasteiger partial charge in [-0.15, -0.1) is 0 Å². The number of carbonyl (C=O) groups excluding carboxylic acids is 1. The number of amides is 1. The zero-order valence-corrected chi connectivity index (χ0v) is 11.5. The quantitative estimate of drug-likeness (QED) is 0.867. The van der Waals surface area contributed by atoms with Crippen LogP contribution in [0.25, 0.3) is 0 Å². The highest BCUT2D eigenvalue weighted by molar-refractivity contribution is 5.78. The van der Waals surface area contributed by atoms with Crippen LogP contribution in [0.3, 0.4) is 0 Å². The summed E-state index contributed by atoms with van der Waals surface area (Å²) in [4.78, 5) is 13.8. The first kappa shape index (κ1) is 14.6. The van der Waals surface area contributed by atoms with E-state index in [9.17, 15) is 9.18 Å². The molecule has 3 nitrogen and oxygen atoms in total. The van der Waals surface area contributed by atoms with E-state index >= 15 is 0 Å². The number of hydrogen-bond donors (Lipinski definition) is 1. The molecule has 1 amide bonds. The van der Waals surface area contributed by atoms with Crippen molar-refractivity contribution >= 4 is 5.91 Å². The van der Waals surface area contributed by atoms with Gasteiger partial charge in [-0.1, -0.05) is 12.1 Å². The summed E-state index contributed by atoms with van der Waals surface area (Å²) in [7, 11) is 3.96. The molecule has 0 spiro atoms. The van der Waals surface area contributed by atoms with Gasteiger partial charge in [0.1, 0.15) is 5.82 Å². The summed E-state index contributed by atoms with van der Waals surface area (Å²) in [5, 5.41) is 2.89. The number of rotatable bonds is 5. The Kier molecular flexibility index (Phi) is 4.84. The smallest absolute Gasteiger partial charge is 0.224 e. The van der Waals surface area contributed by atoms with Gasteiger partial charge in [0.15, 0.2) is 0 Å². The van der Waals surface area contributed by atoms with Crippen molar-refractivity contribution in [3.63, 3.8) is 0 Å². The number of nitrogens with one attached hydrogen (secondary N) is 1. The summed E-state index contributed by atoms with van der Waals surface area (Å²) in [6, 6.07) is 6.00. The zero-order valence-electron chi connectivity index (χ0n) is 11.5. The molecule has 1 aromatic carbocycles. The molecule has 0 bridgehead atoms. The highest BCUT2D eigenvalue weighted by Gasteiger charge is 2.20. The minimum Gasteiger partial charge on any atom is -0.354 e. The van der Waals surface area contributed by atoms with Gasteiger partial charge >= 0.3 is 0 Å². The van der Waals surface area contributed by atoms with Crippen molar-refractivity contribution in [2.45, 2.75) is 25.8 Å². The van der Waals surface area contributed by atoms with Crippen molar-refractivity contribution < 1.29 is 9.18 Å². The summed E-state index contributed by atoms with van der Waals surface area (Å²) in [6.45, 7) is 4.70. The number of carbonyl (C=O) groups is 1. The lowest BCUT2D eigenvalue weighted by Crippen LogP contribution is -2.48. The molecule has 0 aliphatic carbocycles. The van der Waals surface area contributed by atoms with Gasteiger partial charge in [-0.25, -0.2) is 4.39 Å². The van der Waals surface area contributed by atoms with Gasteiger partial charge in [0.25, 0.3) is 0 Å². The second kappa shape index (κ2) is 5.96. The van der Waals surface area contributed by atoms with Gasteiger partial charge in [0.2, 0.25) is 5.91 Å². The van der Waals surface area contributed by atoms with E-state index in [0.717, 1.165) is 5.56 Å². The topological polar surface area (TPSA) is 32.3 Å². The molecule has 0 unspecified atom stereocenters. The minimum absolute atomic E-state index is 0.0449. The van der Waals surface area contributed by atoms with Crippen LogP contribution in [-0.2, 0) is 11.2 Å². The van der Waals surface area contributed by atoms with E-state index in [1.54, 1.807) is 12.1 Å². The van der Waals surface area contributed by atoms with Gasteiger partial charge in [0, 0.05) is 12.1 Å². The molecule has 1 N–H and O–H groups in total. The molecule has 100 valence electrons. The maximum absolute atomic E-state index is 12.7. The van der Waals surface area contributed by atoms with Crippen LogP contribution >= 0.6 is 0 Å². The Hall–Kier alpha value is -1.42.